The second-order valence-corrected chi connectivity index (χ2v) is 5.16. The van der Waals surface area contributed by atoms with Crippen molar-refractivity contribution >= 4 is 11.8 Å². The smallest absolute Gasteiger partial charge is 0.0560 e. The fourth-order valence-corrected chi connectivity index (χ4v) is 2.36. The van der Waals surface area contributed by atoms with E-state index < -0.39 is 0 Å². The van der Waals surface area contributed by atoms with Gasteiger partial charge in [-0.3, -0.25) is 0 Å². The van der Waals surface area contributed by atoms with Crippen LogP contribution in [0.2, 0.25) is 0 Å². The molecule has 1 rings (SSSR count). The topological polar surface area (TPSA) is 21.3 Å². The van der Waals surface area contributed by atoms with Crippen molar-refractivity contribution in [1.29, 1.82) is 0 Å². The number of benzene rings is 1. The molecule has 0 heterocycles. The van der Waals surface area contributed by atoms with Crippen LogP contribution in [0, 0.1) is 0 Å². The molecular formula is C14H23NOS. The minimum absolute atomic E-state index is 0.848. The molecule has 0 aliphatic carbocycles. The van der Waals surface area contributed by atoms with Crippen LogP contribution in [-0.2, 0) is 11.3 Å². The van der Waals surface area contributed by atoms with E-state index >= 15 is 0 Å². The van der Waals surface area contributed by atoms with Crippen LogP contribution in [0.4, 0.5) is 0 Å². The van der Waals surface area contributed by atoms with Crippen LogP contribution in [-0.4, -0.2) is 26.0 Å². The molecule has 0 radical (unpaired) electrons. The summed E-state index contributed by atoms with van der Waals surface area (Å²) in [5.74, 6) is 1.03. The minimum atomic E-state index is 0.848. The van der Waals surface area contributed by atoms with Gasteiger partial charge in [0.15, 0.2) is 0 Å². The predicted molar refractivity (Wildman–Crippen MR) is 75.7 cm³/mol. The lowest BCUT2D eigenvalue weighted by Crippen LogP contribution is -2.04. The summed E-state index contributed by atoms with van der Waals surface area (Å²) < 4.78 is 5.54. The molecule has 0 aliphatic heterocycles. The summed E-state index contributed by atoms with van der Waals surface area (Å²) in [6.07, 6.45) is 2.38. The second-order valence-electron chi connectivity index (χ2n) is 3.99. The fraction of sp³-hybridized carbons (Fsp3) is 0.571. The van der Waals surface area contributed by atoms with E-state index in [1.54, 1.807) is 0 Å². The van der Waals surface area contributed by atoms with Crippen LogP contribution < -0.4 is 5.32 Å². The van der Waals surface area contributed by atoms with Gasteiger partial charge < -0.3 is 10.1 Å². The van der Waals surface area contributed by atoms with Gasteiger partial charge in [0.2, 0.25) is 0 Å². The molecule has 0 bridgehead atoms. The van der Waals surface area contributed by atoms with Crippen molar-refractivity contribution in [2.45, 2.75) is 31.2 Å². The van der Waals surface area contributed by atoms with Gasteiger partial charge in [0.05, 0.1) is 6.61 Å². The van der Waals surface area contributed by atoms with Gasteiger partial charge in [-0.1, -0.05) is 25.5 Å². The van der Waals surface area contributed by atoms with Gasteiger partial charge in [0.1, 0.15) is 0 Å². The summed E-state index contributed by atoms with van der Waals surface area (Å²) in [5, 5.41) is 3.17. The summed E-state index contributed by atoms with van der Waals surface area (Å²) >= 11 is 1.87. The number of rotatable bonds is 9. The zero-order chi connectivity index (χ0) is 12.3. The molecule has 96 valence electrons. The molecule has 0 spiro atoms. The van der Waals surface area contributed by atoms with Crippen molar-refractivity contribution in [3.05, 3.63) is 29.8 Å². The van der Waals surface area contributed by atoms with Crippen LogP contribution in [0.3, 0.4) is 0 Å². The molecule has 17 heavy (non-hydrogen) atoms. The summed E-state index contributed by atoms with van der Waals surface area (Å²) in [6, 6.07) is 8.67. The maximum absolute atomic E-state index is 5.54. The third-order valence-electron chi connectivity index (χ3n) is 2.42. The first-order chi connectivity index (χ1) is 8.36. The highest BCUT2D eigenvalue weighted by atomic mass is 32.2. The number of ether oxygens (including phenoxy) is 1. The molecule has 0 aliphatic rings. The Hall–Kier alpha value is -0.510. The van der Waals surface area contributed by atoms with E-state index in [1.807, 2.05) is 18.8 Å². The van der Waals surface area contributed by atoms with E-state index in [4.69, 9.17) is 4.74 Å². The maximum atomic E-state index is 5.54. The lowest BCUT2D eigenvalue weighted by atomic mass is 10.2. The molecule has 0 amide bonds. The number of nitrogens with one attached hydrogen (secondary N) is 1. The lowest BCUT2D eigenvalue weighted by Gasteiger charge is -2.05. The van der Waals surface area contributed by atoms with E-state index in [0.717, 1.165) is 25.5 Å². The Labute approximate surface area is 109 Å². The summed E-state index contributed by atoms with van der Waals surface area (Å²) in [6.45, 7) is 4.87. The van der Waals surface area contributed by atoms with Gasteiger partial charge in [-0.25, -0.2) is 0 Å². The Balaban J connectivity index is 2.19. The molecule has 0 atom stereocenters. The number of thioether (sulfide) groups is 1. The van der Waals surface area contributed by atoms with Crippen LogP contribution in [0.5, 0.6) is 0 Å². The molecule has 0 saturated heterocycles. The average molecular weight is 253 g/mol. The normalized spacial score (nSPS) is 10.7. The van der Waals surface area contributed by atoms with Crippen LogP contribution in [0.25, 0.3) is 0 Å². The summed E-state index contributed by atoms with van der Waals surface area (Å²) in [5.41, 5.74) is 1.34. The van der Waals surface area contributed by atoms with Gasteiger partial charge in [-0.2, -0.15) is 0 Å². The first kappa shape index (κ1) is 14.6. The van der Waals surface area contributed by atoms with E-state index in [1.165, 1.54) is 23.3 Å². The molecule has 0 aromatic heterocycles. The predicted octanol–water partition coefficient (Wildman–Crippen LogP) is 3.31. The van der Waals surface area contributed by atoms with Crippen molar-refractivity contribution in [2.24, 2.45) is 0 Å². The first-order valence-corrected chi connectivity index (χ1v) is 7.29. The number of hydrogen-bond donors (Lipinski definition) is 1. The van der Waals surface area contributed by atoms with Crippen molar-refractivity contribution in [3.63, 3.8) is 0 Å². The molecule has 0 saturated carbocycles. The first-order valence-electron chi connectivity index (χ1n) is 6.31. The quantitative estimate of drug-likeness (QED) is 0.539. The van der Waals surface area contributed by atoms with E-state index in [-0.39, 0.29) is 0 Å². The molecular weight excluding hydrogens is 230 g/mol. The Morgan fingerprint density at radius 3 is 2.94 bits per heavy atom. The maximum Gasteiger partial charge on any atom is 0.0560 e. The SMILES string of the molecule is CCCCOCCSc1cccc(CNC)c1. The highest BCUT2D eigenvalue weighted by Gasteiger charge is 1.96. The molecule has 3 heteroatoms. The molecule has 0 unspecified atom stereocenters. The second kappa shape index (κ2) is 9.51. The number of hydrogen-bond acceptors (Lipinski definition) is 3. The lowest BCUT2D eigenvalue weighted by molar-refractivity contribution is 0.147. The molecule has 2 nitrogen and oxygen atoms in total. The molecule has 1 N–H and O–H groups in total. The zero-order valence-electron chi connectivity index (χ0n) is 10.9. The standard InChI is InChI=1S/C14H23NOS/c1-3-4-8-16-9-10-17-14-7-5-6-13(11-14)12-15-2/h5-7,11,15H,3-4,8-10,12H2,1-2H3. The van der Waals surface area contributed by atoms with Crippen LogP contribution in [0.15, 0.2) is 29.2 Å². The average Bonchev–Trinajstić information content (AvgIpc) is 2.35. The van der Waals surface area contributed by atoms with Gasteiger partial charge in [-0.15, -0.1) is 11.8 Å². The van der Waals surface area contributed by atoms with Crippen molar-refractivity contribution in [1.82, 2.24) is 5.32 Å². The Bertz CT molecular complexity index is 304. The molecule has 0 fully saturated rings. The largest absolute Gasteiger partial charge is 0.381 e. The minimum Gasteiger partial charge on any atom is -0.381 e. The van der Waals surface area contributed by atoms with Gasteiger partial charge in [0, 0.05) is 23.8 Å². The summed E-state index contributed by atoms with van der Waals surface area (Å²) in [4.78, 5) is 1.33. The van der Waals surface area contributed by atoms with Gasteiger partial charge in [-0.05, 0) is 31.2 Å². The van der Waals surface area contributed by atoms with Crippen molar-refractivity contribution < 1.29 is 4.74 Å². The third kappa shape index (κ3) is 6.71. The van der Waals surface area contributed by atoms with E-state index in [2.05, 4.69) is 36.5 Å². The highest BCUT2D eigenvalue weighted by Crippen LogP contribution is 2.18. The fourth-order valence-electron chi connectivity index (χ4n) is 1.52. The van der Waals surface area contributed by atoms with Crippen molar-refractivity contribution in [3.8, 4) is 0 Å². The zero-order valence-corrected chi connectivity index (χ0v) is 11.7. The highest BCUT2D eigenvalue weighted by molar-refractivity contribution is 7.99. The summed E-state index contributed by atoms with van der Waals surface area (Å²) in [7, 11) is 1.97. The van der Waals surface area contributed by atoms with Crippen LogP contribution in [0.1, 0.15) is 25.3 Å². The molecule has 1 aromatic carbocycles. The third-order valence-corrected chi connectivity index (χ3v) is 3.38. The Kier molecular flexibility index (Phi) is 8.14. The van der Waals surface area contributed by atoms with E-state index in [0.29, 0.717) is 0 Å². The Morgan fingerprint density at radius 1 is 1.29 bits per heavy atom. The van der Waals surface area contributed by atoms with Gasteiger partial charge in [0.25, 0.3) is 0 Å². The molecule has 1 aromatic rings. The Morgan fingerprint density at radius 2 is 2.18 bits per heavy atom. The monoisotopic (exact) mass is 253 g/mol. The van der Waals surface area contributed by atoms with Crippen molar-refractivity contribution in [2.75, 3.05) is 26.0 Å². The van der Waals surface area contributed by atoms with Gasteiger partial charge >= 0.3 is 0 Å². The van der Waals surface area contributed by atoms with Crippen LogP contribution >= 0.6 is 11.8 Å². The van der Waals surface area contributed by atoms with E-state index in [9.17, 15) is 0 Å². The number of unbranched alkanes of at least 4 members (excludes halogenated alkanes) is 1.